The van der Waals surface area contributed by atoms with Crippen LogP contribution >= 0.6 is 11.6 Å². The second-order valence-corrected chi connectivity index (χ2v) is 11.2. The standard InChI is InChI=1S/C28H29ClFN3O4/c29-22-3-1-2-20(15-4-5-15)24(22)27(35)33-23-12-18(26(34)32-13-19(30)14-32)10-11-21(23)25(31-33)16-6-8-17(9-7-16)28(36)37/h1-3,6,15,17-19H,4-5,7-14H2,(H,36,37). The molecule has 1 saturated heterocycles. The van der Waals surface area contributed by atoms with Crippen LogP contribution in [-0.2, 0) is 22.4 Å². The normalized spacial score (nSPS) is 23.7. The van der Waals surface area contributed by atoms with E-state index in [0.717, 1.165) is 35.2 Å². The zero-order chi connectivity index (χ0) is 25.8. The van der Waals surface area contributed by atoms with Crippen molar-refractivity contribution in [3.05, 3.63) is 57.4 Å². The molecule has 1 aliphatic heterocycles. The Morgan fingerprint density at radius 3 is 2.46 bits per heavy atom. The number of carbonyl (C=O) groups excluding carboxylic acids is 2. The zero-order valence-electron chi connectivity index (χ0n) is 20.5. The van der Waals surface area contributed by atoms with Crippen LogP contribution in [0, 0.1) is 11.8 Å². The molecular weight excluding hydrogens is 497 g/mol. The van der Waals surface area contributed by atoms with Crippen molar-refractivity contribution in [2.75, 3.05) is 13.1 Å². The Bertz CT molecular complexity index is 1320. The molecule has 0 spiro atoms. The molecule has 6 rings (SSSR count). The van der Waals surface area contributed by atoms with Crippen molar-refractivity contribution in [1.82, 2.24) is 14.7 Å². The van der Waals surface area contributed by atoms with Gasteiger partial charge in [0.2, 0.25) is 5.91 Å². The number of allylic oxidation sites excluding steroid dienone is 2. The molecule has 0 radical (unpaired) electrons. The summed E-state index contributed by atoms with van der Waals surface area (Å²) in [6.07, 6.45) is 6.07. The number of carboxylic acids is 1. The third kappa shape index (κ3) is 4.39. The molecule has 1 aromatic heterocycles. The van der Waals surface area contributed by atoms with E-state index < -0.39 is 18.1 Å². The number of carbonyl (C=O) groups is 3. The minimum Gasteiger partial charge on any atom is -0.481 e. The van der Waals surface area contributed by atoms with Crippen molar-refractivity contribution in [3.63, 3.8) is 0 Å². The Balaban J connectivity index is 1.39. The van der Waals surface area contributed by atoms with Crippen LogP contribution in [-0.4, -0.2) is 56.8 Å². The van der Waals surface area contributed by atoms with E-state index in [4.69, 9.17) is 16.7 Å². The fraction of sp³-hybridized carbons (Fsp3) is 0.500. The fourth-order valence-corrected chi connectivity index (χ4v) is 6.25. The molecule has 4 aliphatic rings. The third-order valence-electron chi connectivity index (χ3n) is 8.30. The van der Waals surface area contributed by atoms with E-state index in [1.165, 1.54) is 4.68 Å². The van der Waals surface area contributed by atoms with Gasteiger partial charge in [0, 0.05) is 17.9 Å². The summed E-state index contributed by atoms with van der Waals surface area (Å²) in [6, 6.07) is 5.53. The van der Waals surface area contributed by atoms with Crippen molar-refractivity contribution in [2.45, 2.75) is 63.5 Å². The van der Waals surface area contributed by atoms with Crippen molar-refractivity contribution in [3.8, 4) is 0 Å². The number of fused-ring (bicyclic) bond motifs is 1. The number of likely N-dealkylation sites (tertiary alicyclic amines) is 1. The van der Waals surface area contributed by atoms with Crippen LogP contribution in [0.2, 0.25) is 5.02 Å². The Morgan fingerprint density at radius 2 is 1.81 bits per heavy atom. The molecule has 2 atom stereocenters. The molecule has 2 unspecified atom stereocenters. The monoisotopic (exact) mass is 525 g/mol. The van der Waals surface area contributed by atoms with Crippen molar-refractivity contribution in [1.29, 1.82) is 0 Å². The van der Waals surface area contributed by atoms with E-state index in [1.807, 2.05) is 18.2 Å². The number of hydrogen-bond acceptors (Lipinski definition) is 4. The molecule has 3 aliphatic carbocycles. The van der Waals surface area contributed by atoms with E-state index in [-0.39, 0.29) is 30.8 Å². The summed E-state index contributed by atoms with van der Waals surface area (Å²) in [5.74, 6) is -1.60. The lowest BCUT2D eigenvalue weighted by molar-refractivity contribution is -0.143. The summed E-state index contributed by atoms with van der Waals surface area (Å²) in [6.45, 7) is 0.265. The van der Waals surface area contributed by atoms with Crippen LogP contribution in [0.5, 0.6) is 0 Å². The summed E-state index contributed by atoms with van der Waals surface area (Å²) in [4.78, 5) is 40.1. The van der Waals surface area contributed by atoms with Gasteiger partial charge in [-0.1, -0.05) is 29.8 Å². The van der Waals surface area contributed by atoms with E-state index in [0.29, 0.717) is 60.7 Å². The van der Waals surface area contributed by atoms with Gasteiger partial charge in [-0.25, -0.2) is 4.39 Å². The van der Waals surface area contributed by atoms with Gasteiger partial charge in [0.05, 0.1) is 41.0 Å². The summed E-state index contributed by atoms with van der Waals surface area (Å²) in [5.41, 5.74) is 4.74. The van der Waals surface area contributed by atoms with Crippen LogP contribution in [0.25, 0.3) is 5.57 Å². The summed E-state index contributed by atoms with van der Waals surface area (Å²) in [7, 11) is 0. The molecule has 37 heavy (non-hydrogen) atoms. The highest BCUT2D eigenvalue weighted by atomic mass is 35.5. The van der Waals surface area contributed by atoms with Crippen LogP contribution < -0.4 is 0 Å². The Labute approximate surface area is 219 Å². The summed E-state index contributed by atoms with van der Waals surface area (Å²) < 4.78 is 14.9. The number of aromatic nitrogens is 2. The van der Waals surface area contributed by atoms with Crippen molar-refractivity contribution in [2.24, 2.45) is 11.8 Å². The Morgan fingerprint density at radius 1 is 1.05 bits per heavy atom. The lowest BCUT2D eigenvalue weighted by atomic mass is 9.82. The van der Waals surface area contributed by atoms with Gasteiger partial charge in [0.1, 0.15) is 6.17 Å². The molecule has 2 heterocycles. The van der Waals surface area contributed by atoms with Gasteiger partial charge >= 0.3 is 5.97 Å². The number of hydrogen-bond donors (Lipinski definition) is 1. The Hall–Kier alpha value is -3.00. The maximum atomic E-state index is 14.0. The van der Waals surface area contributed by atoms with Gasteiger partial charge in [-0.3, -0.25) is 14.4 Å². The number of carboxylic acid groups (broad SMARTS) is 1. The highest BCUT2D eigenvalue weighted by Crippen LogP contribution is 2.44. The fourth-order valence-electron chi connectivity index (χ4n) is 5.99. The van der Waals surface area contributed by atoms with Crippen LogP contribution in [0.3, 0.4) is 0 Å². The molecule has 1 aromatic carbocycles. The number of aliphatic carboxylic acids is 1. The number of rotatable bonds is 5. The topological polar surface area (TPSA) is 92.5 Å². The molecule has 2 fully saturated rings. The first-order valence-corrected chi connectivity index (χ1v) is 13.5. The van der Waals surface area contributed by atoms with E-state index in [2.05, 4.69) is 0 Å². The largest absolute Gasteiger partial charge is 0.481 e. The van der Waals surface area contributed by atoms with Gasteiger partial charge in [-0.15, -0.1) is 0 Å². The maximum absolute atomic E-state index is 14.0. The Kier molecular flexibility index (Phi) is 6.18. The minimum atomic E-state index is -0.962. The van der Waals surface area contributed by atoms with Crippen LogP contribution in [0.15, 0.2) is 24.3 Å². The van der Waals surface area contributed by atoms with Crippen LogP contribution in [0.1, 0.15) is 77.3 Å². The van der Waals surface area contributed by atoms with E-state index in [9.17, 15) is 23.9 Å². The van der Waals surface area contributed by atoms with Crippen molar-refractivity contribution >= 4 is 35.0 Å². The number of alkyl halides is 1. The average molecular weight is 526 g/mol. The molecular formula is C28H29ClFN3O4. The molecule has 1 amide bonds. The number of amides is 1. The average Bonchev–Trinajstić information content (AvgIpc) is 3.66. The zero-order valence-corrected chi connectivity index (χ0v) is 21.2. The number of halogens is 2. The smallest absolute Gasteiger partial charge is 0.306 e. The molecule has 194 valence electrons. The van der Waals surface area contributed by atoms with Gasteiger partial charge < -0.3 is 10.0 Å². The maximum Gasteiger partial charge on any atom is 0.306 e. The molecule has 1 saturated carbocycles. The minimum absolute atomic E-state index is 0.0705. The first-order valence-electron chi connectivity index (χ1n) is 13.1. The number of benzene rings is 1. The lowest BCUT2D eigenvalue weighted by Crippen LogP contribution is -2.54. The summed E-state index contributed by atoms with van der Waals surface area (Å²) >= 11 is 6.57. The third-order valence-corrected chi connectivity index (χ3v) is 8.62. The quantitative estimate of drug-likeness (QED) is 0.613. The van der Waals surface area contributed by atoms with Gasteiger partial charge in [-0.05, 0) is 68.1 Å². The first-order chi connectivity index (χ1) is 17.8. The number of nitrogens with zero attached hydrogens (tertiary/aromatic N) is 3. The van der Waals surface area contributed by atoms with E-state index >= 15 is 0 Å². The predicted molar refractivity (Wildman–Crippen MR) is 135 cm³/mol. The van der Waals surface area contributed by atoms with Crippen LogP contribution in [0.4, 0.5) is 4.39 Å². The molecule has 2 aromatic rings. The van der Waals surface area contributed by atoms with Gasteiger partial charge in [0.25, 0.3) is 5.91 Å². The molecule has 9 heteroatoms. The van der Waals surface area contributed by atoms with Gasteiger partial charge in [-0.2, -0.15) is 9.78 Å². The molecule has 7 nitrogen and oxygen atoms in total. The van der Waals surface area contributed by atoms with E-state index in [1.54, 1.807) is 11.0 Å². The second kappa shape index (κ2) is 9.39. The predicted octanol–water partition coefficient (Wildman–Crippen LogP) is 4.66. The first kappa shape index (κ1) is 24.3. The highest BCUT2D eigenvalue weighted by Gasteiger charge is 2.39. The summed E-state index contributed by atoms with van der Waals surface area (Å²) in [5, 5.41) is 14.6. The lowest BCUT2D eigenvalue weighted by Gasteiger charge is -2.37. The molecule has 1 N–H and O–H groups in total. The SMILES string of the molecule is O=C(O)C1CC=C(c2nn(C(=O)c3c(Cl)cccc3C3CC3)c3c2CCC(C(=O)N2CC(F)C2)C3)CC1. The molecule has 0 bridgehead atoms. The highest BCUT2D eigenvalue weighted by molar-refractivity contribution is 6.34. The van der Waals surface area contributed by atoms with Crippen molar-refractivity contribution < 1.29 is 23.9 Å². The van der Waals surface area contributed by atoms with Gasteiger partial charge in [0.15, 0.2) is 0 Å². The second-order valence-electron chi connectivity index (χ2n) is 10.8.